The summed E-state index contributed by atoms with van der Waals surface area (Å²) in [6.45, 7) is 19.5. The summed E-state index contributed by atoms with van der Waals surface area (Å²) in [7, 11) is 0. The van der Waals surface area contributed by atoms with Gasteiger partial charge in [-0.1, -0.05) is 129 Å². The maximum absolute atomic E-state index is 14.2. The van der Waals surface area contributed by atoms with Gasteiger partial charge in [0.2, 0.25) is 5.91 Å². The predicted octanol–water partition coefficient (Wildman–Crippen LogP) is 14.2. The molecule has 0 aliphatic heterocycles. The molecule has 4 fully saturated rings. The SMILES string of the molecule is CCCCCCCCN(CCCCCCCC)C(=O)CC[C@@H](C)[C@H]1CC[C@H]2[C@@H]3CC[C@@H]4C[C@H](OC(=O)c5ccc(-c6ccccn6)nc5)CC[C@]4(C)[C@H]3C[C@H](OC(=O)CSC(=S)N(CC)CC)[C@]12C. The van der Waals surface area contributed by atoms with Crippen LogP contribution in [0.5, 0.6) is 0 Å². The summed E-state index contributed by atoms with van der Waals surface area (Å²) >= 11 is 7.19. The molecule has 11 heteroatoms. The van der Waals surface area contributed by atoms with E-state index >= 15 is 0 Å². The van der Waals surface area contributed by atoms with Crippen molar-refractivity contribution in [3.8, 4) is 11.4 Å². The van der Waals surface area contributed by atoms with Crippen LogP contribution in [0.1, 0.15) is 200 Å². The number of carbonyl (C=O) groups is 3. The fraction of sp³-hybridized carbons (Fsp3) is 0.759. The summed E-state index contributed by atoms with van der Waals surface area (Å²) < 4.78 is 13.9. The number of hydrogen-bond donors (Lipinski definition) is 0. The number of thioether (sulfide) groups is 1. The molecule has 0 radical (unpaired) electrons. The van der Waals surface area contributed by atoms with Crippen LogP contribution in [0.4, 0.5) is 0 Å². The van der Waals surface area contributed by atoms with Gasteiger partial charge < -0.3 is 19.3 Å². The van der Waals surface area contributed by atoms with E-state index in [9.17, 15) is 14.4 Å². The van der Waals surface area contributed by atoms with Gasteiger partial charge in [0.15, 0.2) is 0 Å². The molecule has 0 N–H and O–H groups in total. The van der Waals surface area contributed by atoms with Gasteiger partial charge in [0.05, 0.1) is 22.7 Å². The largest absolute Gasteiger partial charge is 0.461 e. The van der Waals surface area contributed by atoms with E-state index in [0.717, 1.165) is 113 Å². The zero-order chi connectivity index (χ0) is 49.4. The zero-order valence-corrected chi connectivity index (χ0v) is 45.5. The summed E-state index contributed by atoms with van der Waals surface area (Å²) in [4.78, 5) is 55.0. The Morgan fingerprint density at radius 1 is 0.768 bits per heavy atom. The number of esters is 2. The van der Waals surface area contributed by atoms with Gasteiger partial charge in [-0.15, -0.1) is 0 Å². The van der Waals surface area contributed by atoms with Gasteiger partial charge in [0, 0.05) is 50.4 Å². The summed E-state index contributed by atoms with van der Waals surface area (Å²) in [5.74, 6) is 2.65. The Bertz CT molecular complexity index is 1900. The zero-order valence-electron chi connectivity index (χ0n) is 43.9. The van der Waals surface area contributed by atoms with Crippen molar-refractivity contribution >= 4 is 46.1 Å². The van der Waals surface area contributed by atoms with Crippen molar-refractivity contribution in [3.05, 3.63) is 48.3 Å². The van der Waals surface area contributed by atoms with Gasteiger partial charge in [0.25, 0.3) is 0 Å². The third kappa shape index (κ3) is 14.1. The molecule has 2 aromatic heterocycles. The molecule has 4 aliphatic rings. The van der Waals surface area contributed by atoms with Gasteiger partial charge in [-0.05, 0) is 150 Å². The third-order valence-corrected chi connectivity index (χ3v) is 19.5. The van der Waals surface area contributed by atoms with Crippen LogP contribution < -0.4 is 0 Å². The van der Waals surface area contributed by atoms with Crippen LogP contribution in [-0.2, 0) is 19.1 Å². The van der Waals surface area contributed by atoms with E-state index < -0.39 is 0 Å². The lowest BCUT2D eigenvalue weighted by Gasteiger charge is -2.62. The Labute approximate surface area is 427 Å². The number of amides is 1. The van der Waals surface area contributed by atoms with E-state index in [1.807, 2.05) is 24.3 Å². The summed E-state index contributed by atoms with van der Waals surface area (Å²) in [5.41, 5.74) is 1.85. The molecule has 2 heterocycles. The van der Waals surface area contributed by atoms with Crippen molar-refractivity contribution in [2.75, 3.05) is 31.9 Å². The number of nitrogens with zero attached hydrogens (tertiary/aromatic N) is 4. The fourth-order valence-corrected chi connectivity index (χ4v) is 15.1. The van der Waals surface area contributed by atoms with Gasteiger partial charge in [0.1, 0.15) is 16.5 Å². The van der Waals surface area contributed by atoms with Gasteiger partial charge >= 0.3 is 11.9 Å². The van der Waals surface area contributed by atoms with Crippen LogP contribution in [0.3, 0.4) is 0 Å². The lowest BCUT2D eigenvalue weighted by molar-refractivity contribution is -0.196. The highest BCUT2D eigenvalue weighted by atomic mass is 32.2. The number of thiocarbonyl (C=S) groups is 1. The van der Waals surface area contributed by atoms with Crippen LogP contribution in [0.2, 0.25) is 0 Å². The fourth-order valence-electron chi connectivity index (χ4n) is 13.9. The minimum Gasteiger partial charge on any atom is -0.461 e. The summed E-state index contributed by atoms with van der Waals surface area (Å²) in [6.07, 6.45) is 27.4. The molecule has 10 atom stereocenters. The summed E-state index contributed by atoms with van der Waals surface area (Å²) in [5, 5.41) is 0. The molecular weight excluding hydrogens is 897 g/mol. The summed E-state index contributed by atoms with van der Waals surface area (Å²) in [6, 6.07) is 9.36. The molecule has 4 aliphatic carbocycles. The molecule has 69 heavy (non-hydrogen) atoms. The molecule has 0 unspecified atom stereocenters. The first kappa shape index (κ1) is 55.3. The first-order valence-corrected chi connectivity index (χ1v) is 29.2. The molecular formula is C58H90N4O5S2. The first-order chi connectivity index (χ1) is 33.4. The Morgan fingerprint density at radius 3 is 2.09 bits per heavy atom. The number of hydrogen-bond acceptors (Lipinski definition) is 9. The van der Waals surface area contributed by atoms with E-state index in [1.54, 1.807) is 18.5 Å². The quantitative estimate of drug-likeness (QED) is 0.0514. The molecule has 384 valence electrons. The van der Waals surface area contributed by atoms with Crippen molar-refractivity contribution in [1.82, 2.24) is 19.8 Å². The molecule has 0 aromatic carbocycles. The standard InChI is InChI=1S/C58H90N4O5S2/c1-8-12-14-16-18-22-36-62(37-23-19-17-15-13-9-2)53(63)32-25-42(5)47-29-30-48-46-28-27-44-38-45(66-55(65)43-26-31-51(60-40-43)50-24-20-21-35-59-50)33-34-57(44,6)49(46)39-52(58(47,48)7)67-54(64)41-69-56(68)61(10-3)11-4/h20-21,24,26,31,35,40,42,44-49,52H,8-19,22-23,25,27-30,32-34,36-39,41H2,1-7H3/t42-,44-,45-,46+,47-,48+,49+,52+,57+,58-/m1/s1. The predicted molar refractivity (Wildman–Crippen MR) is 287 cm³/mol. The minimum absolute atomic E-state index is 0.0638. The lowest BCUT2D eigenvalue weighted by atomic mass is 9.43. The molecule has 0 saturated heterocycles. The van der Waals surface area contributed by atoms with E-state index in [0.29, 0.717) is 53.4 Å². The monoisotopic (exact) mass is 987 g/mol. The van der Waals surface area contributed by atoms with Crippen molar-refractivity contribution in [2.24, 2.45) is 46.3 Å². The highest BCUT2D eigenvalue weighted by molar-refractivity contribution is 8.23. The maximum Gasteiger partial charge on any atom is 0.339 e. The number of pyridine rings is 2. The lowest BCUT2D eigenvalue weighted by Crippen LogP contribution is -2.59. The van der Waals surface area contributed by atoms with Crippen LogP contribution in [-0.4, -0.2) is 86.1 Å². The average Bonchev–Trinajstić information content (AvgIpc) is 3.73. The Morgan fingerprint density at radius 2 is 1.45 bits per heavy atom. The Kier molecular flexibility index (Phi) is 21.7. The number of rotatable bonds is 26. The van der Waals surface area contributed by atoms with Crippen LogP contribution in [0, 0.1) is 46.3 Å². The third-order valence-electron chi connectivity index (χ3n) is 18.0. The maximum atomic E-state index is 14.2. The normalized spacial score (nSPS) is 27.6. The average molecular weight is 988 g/mol. The highest BCUT2D eigenvalue weighted by Crippen LogP contribution is 2.69. The number of unbranched alkanes of at least 4 members (excludes halogenated alkanes) is 10. The van der Waals surface area contributed by atoms with E-state index in [-0.39, 0.29) is 40.7 Å². The highest BCUT2D eigenvalue weighted by Gasteiger charge is 2.65. The number of carbonyl (C=O) groups excluding carboxylic acids is 3. The molecule has 6 rings (SSSR count). The second-order valence-corrected chi connectivity index (χ2v) is 23.6. The number of fused-ring (bicyclic) bond motifs is 5. The van der Waals surface area contributed by atoms with Gasteiger partial charge in [-0.25, -0.2) is 4.79 Å². The molecule has 4 saturated carbocycles. The Hall–Kier alpha value is -3.05. The number of ether oxygens (including phenoxy) is 2. The first-order valence-electron chi connectivity index (χ1n) is 27.8. The van der Waals surface area contributed by atoms with Crippen molar-refractivity contribution in [3.63, 3.8) is 0 Å². The molecule has 0 spiro atoms. The van der Waals surface area contributed by atoms with Crippen LogP contribution in [0.25, 0.3) is 11.4 Å². The van der Waals surface area contributed by atoms with E-state index in [4.69, 9.17) is 21.7 Å². The van der Waals surface area contributed by atoms with Crippen molar-refractivity contribution < 1.29 is 23.9 Å². The topological polar surface area (TPSA) is 102 Å². The minimum atomic E-state index is -0.313. The van der Waals surface area contributed by atoms with E-state index in [1.165, 1.54) is 76.0 Å². The molecule has 2 aromatic rings. The second-order valence-electron chi connectivity index (χ2n) is 22.0. The van der Waals surface area contributed by atoms with Crippen LogP contribution in [0.15, 0.2) is 42.7 Å². The molecule has 9 nitrogen and oxygen atoms in total. The second kappa shape index (κ2) is 27.1. The van der Waals surface area contributed by atoms with Crippen molar-refractivity contribution in [1.29, 1.82) is 0 Å². The Balaban J connectivity index is 1.13. The van der Waals surface area contributed by atoms with E-state index in [2.05, 4.69) is 68.2 Å². The van der Waals surface area contributed by atoms with Gasteiger partial charge in [-0.3, -0.25) is 19.6 Å². The molecule has 0 bridgehead atoms. The van der Waals surface area contributed by atoms with Gasteiger partial charge in [-0.2, -0.15) is 0 Å². The van der Waals surface area contributed by atoms with Crippen LogP contribution >= 0.6 is 24.0 Å². The smallest absolute Gasteiger partial charge is 0.339 e. The molecule has 1 amide bonds. The van der Waals surface area contributed by atoms with Crippen molar-refractivity contribution in [2.45, 2.75) is 202 Å². The number of aromatic nitrogens is 2.